The maximum atomic E-state index is 11.0. The highest BCUT2D eigenvalue weighted by Gasteiger charge is 2.32. The quantitative estimate of drug-likeness (QED) is 0.811. The van der Waals surface area contributed by atoms with Crippen LogP contribution in [0.15, 0.2) is 24.3 Å². The van der Waals surface area contributed by atoms with Crippen molar-refractivity contribution < 1.29 is 14.6 Å². The summed E-state index contributed by atoms with van der Waals surface area (Å²) in [6.07, 6.45) is 1.58. The van der Waals surface area contributed by atoms with Crippen molar-refractivity contribution in [1.29, 1.82) is 0 Å². The van der Waals surface area contributed by atoms with Gasteiger partial charge in [0.25, 0.3) is 0 Å². The number of aryl methyl sites for hydroxylation is 1. The zero-order valence-corrected chi connectivity index (χ0v) is 9.90. The molecule has 4 heteroatoms. The summed E-state index contributed by atoms with van der Waals surface area (Å²) >= 11 is 0. The first kappa shape index (κ1) is 11.9. The molecule has 0 fully saturated rings. The lowest BCUT2D eigenvalue weighted by molar-refractivity contribution is 0.0264. The topological polar surface area (TPSA) is 58.6 Å². The molecule has 4 nitrogen and oxygen atoms in total. The summed E-state index contributed by atoms with van der Waals surface area (Å²) in [5, 5.41) is 13.0. The van der Waals surface area contributed by atoms with E-state index in [4.69, 9.17) is 0 Å². The van der Waals surface area contributed by atoms with Crippen LogP contribution in [0.5, 0.6) is 0 Å². The van der Waals surface area contributed by atoms with E-state index in [2.05, 4.69) is 16.1 Å². The standard InChI is InChI=1S/C13H17NO3/c1-17-12(15)14-9-13(16)7-6-10-4-2-3-5-11(10)8-13/h2-5,16H,6-9H2,1H3,(H,14,15). The summed E-state index contributed by atoms with van der Waals surface area (Å²) < 4.78 is 4.49. The molecule has 1 amide bonds. The zero-order chi connectivity index (χ0) is 12.3. The van der Waals surface area contributed by atoms with Gasteiger partial charge in [-0.2, -0.15) is 0 Å². The summed E-state index contributed by atoms with van der Waals surface area (Å²) in [6, 6.07) is 8.09. The first-order valence-electron chi connectivity index (χ1n) is 5.74. The highest BCUT2D eigenvalue weighted by Crippen LogP contribution is 2.28. The van der Waals surface area contributed by atoms with Crippen LogP contribution in [0.3, 0.4) is 0 Å². The number of benzene rings is 1. The van der Waals surface area contributed by atoms with Crippen molar-refractivity contribution in [2.24, 2.45) is 0 Å². The van der Waals surface area contributed by atoms with E-state index in [0.29, 0.717) is 12.8 Å². The molecular formula is C13H17NO3. The highest BCUT2D eigenvalue weighted by molar-refractivity contribution is 5.67. The average molecular weight is 235 g/mol. The van der Waals surface area contributed by atoms with Crippen LogP contribution in [0.2, 0.25) is 0 Å². The first-order valence-corrected chi connectivity index (χ1v) is 5.74. The number of aliphatic hydroxyl groups is 1. The normalized spacial score (nSPS) is 22.7. The van der Waals surface area contributed by atoms with Crippen LogP contribution in [-0.4, -0.2) is 30.5 Å². The number of ether oxygens (including phenoxy) is 1. The third-order valence-electron chi connectivity index (χ3n) is 3.24. The van der Waals surface area contributed by atoms with Gasteiger partial charge in [-0.25, -0.2) is 4.79 Å². The SMILES string of the molecule is COC(=O)NCC1(O)CCc2ccccc2C1. The molecule has 0 aromatic heterocycles. The van der Waals surface area contributed by atoms with Crippen LogP contribution in [0, 0.1) is 0 Å². The van der Waals surface area contributed by atoms with Gasteiger partial charge in [-0.3, -0.25) is 0 Å². The molecule has 92 valence electrons. The number of hydrogen-bond donors (Lipinski definition) is 2. The van der Waals surface area contributed by atoms with Crippen LogP contribution in [0.1, 0.15) is 17.5 Å². The smallest absolute Gasteiger partial charge is 0.406 e. The van der Waals surface area contributed by atoms with Crippen molar-refractivity contribution in [3.8, 4) is 0 Å². The molecule has 0 saturated carbocycles. The van der Waals surface area contributed by atoms with Crippen molar-refractivity contribution in [1.82, 2.24) is 5.32 Å². The number of methoxy groups -OCH3 is 1. The van der Waals surface area contributed by atoms with Crippen LogP contribution in [-0.2, 0) is 17.6 Å². The summed E-state index contributed by atoms with van der Waals surface area (Å²) in [5.74, 6) is 0. The summed E-state index contributed by atoms with van der Waals surface area (Å²) in [6.45, 7) is 0.230. The molecular weight excluding hydrogens is 218 g/mol. The van der Waals surface area contributed by atoms with Crippen LogP contribution in [0.25, 0.3) is 0 Å². The second-order valence-electron chi connectivity index (χ2n) is 4.51. The van der Waals surface area contributed by atoms with Crippen molar-refractivity contribution in [3.05, 3.63) is 35.4 Å². The summed E-state index contributed by atoms with van der Waals surface area (Å²) in [5.41, 5.74) is 1.59. The Labute approximate surface area is 101 Å². The molecule has 0 spiro atoms. The Hall–Kier alpha value is -1.55. The Morgan fingerprint density at radius 3 is 2.88 bits per heavy atom. The molecule has 1 aliphatic carbocycles. The summed E-state index contributed by atoms with van der Waals surface area (Å²) in [4.78, 5) is 11.0. The van der Waals surface area contributed by atoms with Gasteiger partial charge in [0.2, 0.25) is 0 Å². The molecule has 1 unspecified atom stereocenters. The lowest BCUT2D eigenvalue weighted by Crippen LogP contribution is -2.46. The molecule has 2 N–H and O–H groups in total. The predicted molar refractivity (Wildman–Crippen MR) is 63.8 cm³/mol. The van der Waals surface area contributed by atoms with Crippen molar-refractivity contribution >= 4 is 6.09 Å². The van der Waals surface area contributed by atoms with Gasteiger partial charge in [-0.15, -0.1) is 0 Å². The largest absolute Gasteiger partial charge is 0.453 e. The number of alkyl carbamates (subject to hydrolysis) is 1. The van der Waals surface area contributed by atoms with E-state index >= 15 is 0 Å². The molecule has 17 heavy (non-hydrogen) atoms. The maximum Gasteiger partial charge on any atom is 0.406 e. The highest BCUT2D eigenvalue weighted by atomic mass is 16.5. The Morgan fingerprint density at radius 1 is 1.47 bits per heavy atom. The van der Waals surface area contributed by atoms with Gasteiger partial charge in [0, 0.05) is 13.0 Å². The van der Waals surface area contributed by atoms with E-state index in [1.54, 1.807) is 0 Å². The van der Waals surface area contributed by atoms with E-state index in [1.165, 1.54) is 12.7 Å². The minimum Gasteiger partial charge on any atom is -0.453 e. The van der Waals surface area contributed by atoms with Gasteiger partial charge < -0.3 is 15.2 Å². The third kappa shape index (κ3) is 2.77. The van der Waals surface area contributed by atoms with Crippen molar-refractivity contribution in [2.75, 3.05) is 13.7 Å². The van der Waals surface area contributed by atoms with Crippen molar-refractivity contribution in [2.45, 2.75) is 24.9 Å². The zero-order valence-electron chi connectivity index (χ0n) is 9.90. The van der Waals surface area contributed by atoms with Crippen molar-refractivity contribution in [3.63, 3.8) is 0 Å². The number of rotatable bonds is 2. The van der Waals surface area contributed by atoms with Gasteiger partial charge in [0.05, 0.1) is 12.7 Å². The second-order valence-corrected chi connectivity index (χ2v) is 4.51. The average Bonchev–Trinajstić information content (AvgIpc) is 2.36. The molecule has 2 rings (SSSR count). The Morgan fingerprint density at radius 2 is 2.18 bits per heavy atom. The lowest BCUT2D eigenvalue weighted by Gasteiger charge is -2.33. The number of nitrogens with one attached hydrogen (secondary N) is 1. The van der Waals surface area contributed by atoms with Gasteiger partial charge in [0.15, 0.2) is 0 Å². The molecule has 0 heterocycles. The number of amides is 1. The van der Waals surface area contributed by atoms with Gasteiger partial charge in [-0.1, -0.05) is 24.3 Å². The second kappa shape index (κ2) is 4.75. The first-order chi connectivity index (χ1) is 8.13. The number of fused-ring (bicyclic) bond motifs is 1. The molecule has 1 aromatic carbocycles. The molecule has 1 atom stereocenters. The van der Waals surface area contributed by atoms with E-state index in [0.717, 1.165) is 12.0 Å². The summed E-state index contributed by atoms with van der Waals surface area (Å²) in [7, 11) is 1.32. The van der Waals surface area contributed by atoms with Crippen LogP contribution < -0.4 is 5.32 Å². The Balaban J connectivity index is 2.02. The number of hydrogen-bond acceptors (Lipinski definition) is 3. The fourth-order valence-electron chi connectivity index (χ4n) is 2.24. The molecule has 0 aliphatic heterocycles. The monoisotopic (exact) mass is 235 g/mol. The predicted octanol–water partition coefficient (Wildman–Crippen LogP) is 1.26. The number of carbonyl (C=O) groups is 1. The molecule has 0 bridgehead atoms. The van der Waals surface area contributed by atoms with Crippen LogP contribution >= 0.6 is 0 Å². The van der Waals surface area contributed by atoms with E-state index in [1.807, 2.05) is 18.2 Å². The van der Waals surface area contributed by atoms with E-state index in [9.17, 15) is 9.90 Å². The fraction of sp³-hybridized carbons (Fsp3) is 0.462. The van der Waals surface area contributed by atoms with Gasteiger partial charge in [-0.05, 0) is 24.0 Å². The maximum absolute atomic E-state index is 11.0. The minimum absolute atomic E-state index is 0.230. The fourth-order valence-corrected chi connectivity index (χ4v) is 2.24. The molecule has 0 radical (unpaired) electrons. The molecule has 0 saturated heterocycles. The van der Waals surface area contributed by atoms with Crippen LogP contribution in [0.4, 0.5) is 4.79 Å². The molecule has 1 aliphatic rings. The van der Waals surface area contributed by atoms with E-state index in [-0.39, 0.29) is 6.54 Å². The van der Waals surface area contributed by atoms with Gasteiger partial charge in [0.1, 0.15) is 0 Å². The van der Waals surface area contributed by atoms with Gasteiger partial charge >= 0.3 is 6.09 Å². The minimum atomic E-state index is -0.859. The Kier molecular flexibility index (Phi) is 3.33. The van der Waals surface area contributed by atoms with E-state index < -0.39 is 11.7 Å². The number of carbonyl (C=O) groups excluding carboxylic acids is 1. The Bertz CT molecular complexity index is 419. The lowest BCUT2D eigenvalue weighted by atomic mass is 9.80. The molecule has 1 aromatic rings. The third-order valence-corrected chi connectivity index (χ3v) is 3.24.